The largest absolute Gasteiger partial charge is 0.507 e. The summed E-state index contributed by atoms with van der Waals surface area (Å²) in [6.45, 7) is 1.31. The first kappa shape index (κ1) is 12.0. The highest BCUT2D eigenvalue weighted by Gasteiger charge is 2.18. The quantitative estimate of drug-likeness (QED) is 0.862. The SMILES string of the molecule is CC(F)CCS(=O)(=O)c1ccccc1O. The zero-order valence-electron chi connectivity index (χ0n) is 8.35. The van der Waals surface area contributed by atoms with E-state index in [-0.39, 0.29) is 22.8 Å². The fourth-order valence-electron chi connectivity index (χ4n) is 1.15. The van der Waals surface area contributed by atoms with Gasteiger partial charge in [-0.05, 0) is 25.5 Å². The molecule has 3 nitrogen and oxygen atoms in total. The highest BCUT2D eigenvalue weighted by Crippen LogP contribution is 2.23. The van der Waals surface area contributed by atoms with Gasteiger partial charge in [-0.15, -0.1) is 0 Å². The van der Waals surface area contributed by atoms with Crippen LogP contribution < -0.4 is 0 Å². The Morgan fingerprint density at radius 2 is 2.00 bits per heavy atom. The summed E-state index contributed by atoms with van der Waals surface area (Å²) in [5, 5.41) is 9.34. The van der Waals surface area contributed by atoms with Crippen LogP contribution in [0, 0.1) is 0 Å². The molecule has 0 radical (unpaired) electrons. The van der Waals surface area contributed by atoms with Crippen molar-refractivity contribution >= 4 is 9.84 Å². The Morgan fingerprint density at radius 1 is 1.40 bits per heavy atom. The molecule has 84 valence electrons. The van der Waals surface area contributed by atoms with Crippen molar-refractivity contribution in [1.82, 2.24) is 0 Å². The Kier molecular flexibility index (Phi) is 3.68. The third-order valence-corrected chi connectivity index (χ3v) is 3.77. The minimum Gasteiger partial charge on any atom is -0.507 e. The van der Waals surface area contributed by atoms with Crippen molar-refractivity contribution in [2.24, 2.45) is 0 Å². The second-order valence-corrected chi connectivity index (χ2v) is 5.43. The van der Waals surface area contributed by atoms with Gasteiger partial charge in [0, 0.05) is 0 Å². The van der Waals surface area contributed by atoms with E-state index in [0.29, 0.717) is 0 Å². The second-order valence-electron chi connectivity index (χ2n) is 3.36. The molecule has 1 atom stereocenters. The van der Waals surface area contributed by atoms with Gasteiger partial charge in [0.25, 0.3) is 0 Å². The molecule has 1 aromatic rings. The van der Waals surface area contributed by atoms with E-state index in [1.165, 1.54) is 31.2 Å². The summed E-state index contributed by atoms with van der Waals surface area (Å²) in [6.07, 6.45) is -1.22. The van der Waals surface area contributed by atoms with Crippen LogP contribution in [0.1, 0.15) is 13.3 Å². The molecule has 0 spiro atoms. The van der Waals surface area contributed by atoms with Crippen molar-refractivity contribution in [2.75, 3.05) is 5.75 Å². The van der Waals surface area contributed by atoms with Crippen LogP contribution >= 0.6 is 0 Å². The molecule has 1 rings (SSSR count). The van der Waals surface area contributed by atoms with Crippen LogP contribution in [-0.4, -0.2) is 25.4 Å². The Morgan fingerprint density at radius 3 is 2.53 bits per heavy atom. The van der Waals surface area contributed by atoms with Gasteiger partial charge in [0.15, 0.2) is 9.84 Å². The number of phenols is 1. The van der Waals surface area contributed by atoms with Crippen molar-refractivity contribution in [3.8, 4) is 5.75 Å². The lowest BCUT2D eigenvalue weighted by molar-refractivity contribution is 0.352. The van der Waals surface area contributed by atoms with Crippen LogP contribution in [0.25, 0.3) is 0 Å². The smallest absolute Gasteiger partial charge is 0.182 e. The summed E-state index contributed by atoms with van der Waals surface area (Å²) < 4.78 is 35.8. The number of rotatable bonds is 4. The maximum Gasteiger partial charge on any atom is 0.182 e. The number of aromatic hydroxyl groups is 1. The third kappa shape index (κ3) is 3.20. The summed E-state index contributed by atoms with van der Waals surface area (Å²) in [7, 11) is -3.58. The molecular weight excluding hydrogens is 219 g/mol. The average Bonchev–Trinajstić information content (AvgIpc) is 2.15. The average molecular weight is 232 g/mol. The highest BCUT2D eigenvalue weighted by atomic mass is 32.2. The Hall–Kier alpha value is -1.10. The molecule has 0 aliphatic rings. The number of para-hydroxylation sites is 1. The van der Waals surface area contributed by atoms with Crippen LogP contribution in [0.15, 0.2) is 29.2 Å². The lowest BCUT2D eigenvalue weighted by Crippen LogP contribution is -2.10. The molecule has 0 saturated carbocycles. The second kappa shape index (κ2) is 4.61. The normalized spacial score (nSPS) is 13.7. The first-order chi connectivity index (χ1) is 6.93. The molecule has 1 unspecified atom stereocenters. The summed E-state index contributed by atoms with van der Waals surface area (Å²) in [6, 6.07) is 5.66. The minimum absolute atomic E-state index is 0.0589. The van der Waals surface area contributed by atoms with Crippen LogP contribution in [0.2, 0.25) is 0 Å². The summed E-state index contributed by atoms with van der Waals surface area (Å²) in [5.41, 5.74) is 0. The fourth-order valence-corrected chi connectivity index (χ4v) is 2.68. The van der Waals surface area contributed by atoms with E-state index in [4.69, 9.17) is 0 Å². The van der Waals surface area contributed by atoms with E-state index in [9.17, 15) is 17.9 Å². The molecule has 0 aliphatic heterocycles. The number of phenolic OH excluding ortho intramolecular Hbond substituents is 1. The van der Waals surface area contributed by atoms with Crippen molar-refractivity contribution in [3.05, 3.63) is 24.3 Å². The van der Waals surface area contributed by atoms with Gasteiger partial charge >= 0.3 is 0 Å². The molecule has 0 bridgehead atoms. The molecule has 15 heavy (non-hydrogen) atoms. The van der Waals surface area contributed by atoms with Gasteiger partial charge in [-0.1, -0.05) is 12.1 Å². The zero-order chi connectivity index (χ0) is 11.5. The number of hydrogen-bond acceptors (Lipinski definition) is 3. The van der Waals surface area contributed by atoms with E-state index in [0.717, 1.165) is 0 Å². The molecule has 0 aliphatic carbocycles. The Balaban J connectivity index is 2.92. The van der Waals surface area contributed by atoms with Gasteiger partial charge in [-0.3, -0.25) is 0 Å². The number of benzene rings is 1. The lowest BCUT2D eigenvalue weighted by atomic mass is 10.3. The van der Waals surface area contributed by atoms with Crippen molar-refractivity contribution in [3.63, 3.8) is 0 Å². The predicted octanol–water partition coefficient (Wildman–Crippen LogP) is 1.91. The van der Waals surface area contributed by atoms with Gasteiger partial charge in [-0.2, -0.15) is 0 Å². The third-order valence-electron chi connectivity index (χ3n) is 1.98. The van der Waals surface area contributed by atoms with Gasteiger partial charge in [0.05, 0.1) is 11.9 Å². The lowest BCUT2D eigenvalue weighted by Gasteiger charge is -2.06. The van der Waals surface area contributed by atoms with Crippen LogP contribution in [0.4, 0.5) is 4.39 Å². The van der Waals surface area contributed by atoms with E-state index < -0.39 is 16.0 Å². The van der Waals surface area contributed by atoms with Crippen molar-refractivity contribution in [1.29, 1.82) is 0 Å². The highest BCUT2D eigenvalue weighted by molar-refractivity contribution is 7.91. The molecular formula is C10H13FO3S. The maximum absolute atomic E-state index is 12.5. The molecule has 1 N–H and O–H groups in total. The van der Waals surface area contributed by atoms with Crippen molar-refractivity contribution < 1.29 is 17.9 Å². The molecule has 0 fully saturated rings. The molecule has 0 amide bonds. The van der Waals surface area contributed by atoms with Gasteiger partial charge in [0.2, 0.25) is 0 Å². The van der Waals surface area contributed by atoms with Gasteiger partial charge in [-0.25, -0.2) is 12.8 Å². The van der Waals surface area contributed by atoms with Gasteiger partial charge < -0.3 is 5.11 Å². The van der Waals surface area contributed by atoms with Crippen molar-refractivity contribution in [2.45, 2.75) is 24.4 Å². The van der Waals surface area contributed by atoms with E-state index >= 15 is 0 Å². The Labute approximate surface area is 88.5 Å². The molecule has 5 heteroatoms. The number of halogens is 1. The maximum atomic E-state index is 12.5. The predicted molar refractivity (Wildman–Crippen MR) is 55.3 cm³/mol. The number of alkyl halides is 1. The van der Waals surface area contributed by atoms with Gasteiger partial charge in [0.1, 0.15) is 10.6 Å². The standard InChI is InChI=1S/C10H13FO3S/c1-8(11)6-7-15(13,14)10-5-3-2-4-9(10)12/h2-5,8,12H,6-7H2,1H3. The first-order valence-corrected chi connectivity index (χ1v) is 6.23. The van der Waals surface area contributed by atoms with E-state index in [1.807, 2.05) is 0 Å². The van der Waals surface area contributed by atoms with Crippen LogP contribution in [0.5, 0.6) is 5.75 Å². The summed E-state index contributed by atoms with van der Waals surface area (Å²) >= 11 is 0. The fraction of sp³-hybridized carbons (Fsp3) is 0.400. The van der Waals surface area contributed by atoms with Crippen LogP contribution in [0.3, 0.4) is 0 Å². The number of hydrogen-bond donors (Lipinski definition) is 1. The molecule has 0 aromatic heterocycles. The molecule has 0 saturated heterocycles. The molecule has 0 heterocycles. The summed E-state index contributed by atoms with van der Waals surface area (Å²) in [4.78, 5) is -0.134. The number of sulfone groups is 1. The summed E-state index contributed by atoms with van der Waals surface area (Å²) in [5.74, 6) is -0.577. The minimum atomic E-state index is -3.58. The topological polar surface area (TPSA) is 54.4 Å². The first-order valence-electron chi connectivity index (χ1n) is 4.58. The van der Waals surface area contributed by atoms with E-state index in [2.05, 4.69) is 0 Å². The van der Waals surface area contributed by atoms with E-state index in [1.54, 1.807) is 0 Å². The zero-order valence-corrected chi connectivity index (χ0v) is 9.17. The monoisotopic (exact) mass is 232 g/mol. The molecule has 1 aromatic carbocycles. The Bertz CT molecular complexity index is 426. The van der Waals surface area contributed by atoms with Crippen LogP contribution in [-0.2, 0) is 9.84 Å².